The summed E-state index contributed by atoms with van der Waals surface area (Å²) in [7, 11) is 0. The number of hydrogen-bond acceptors (Lipinski definition) is 9. The molecule has 2 amide bonds. The molecule has 17 heteroatoms. The first-order valence-corrected chi connectivity index (χ1v) is 17.4. The Bertz CT molecular complexity index is 2310. The molecule has 2 fully saturated rings. The fourth-order valence-corrected chi connectivity index (χ4v) is 7.60. The van der Waals surface area contributed by atoms with Gasteiger partial charge in [0.25, 0.3) is 11.5 Å². The number of likely N-dealkylation sites (tertiary alicyclic amines) is 1. The molecule has 0 unspecified atom stereocenters. The fourth-order valence-electron chi connectivity index (χ4n) is 7.37. The Balaban J connectivity index is 1.15. The molecule has 8 rings (SSSR count). The number of halogens is 4. The normalized spacial score (nSPS) is 16.8. The molecule has 13 nitrogen and oxygen atoms in total. The number of nitrogens with one attached hydrogen (secondary N) is 1. The molecule has 0 saturated carbocycles. The van der Waals surface area contributed by atoms with E-state index in [0.29, 0.717) is 11.3 Å². The molecule has 5 aromatic rings. The number of benzene rings is 2. The van der Waals surface area contributed by atoms with E-state index < -0.39 is 41.3 Å². The van der Waals surface area contributed by atoms with E-state index in [2.05, 4.69) is 20.3 Å². The number of rotatable bonds is 6. The number of nitrogens with zero attached hydrogens (tertiary/aromatic N) is 7. The Kier molecular flexibility index (Phi) is 8.60. The summed E-state index contributed by atoms with van der Waals surface area (Å²) in [5.41, 5.74) is -0.289. The zero-order valence-electron chi connectivity index (χ0n) is 28.1. The van der Waals surface area contributed by atoms with E-state index in [9.17, 15) is 32.7 Å². The molecule has 274 valence electrons. The van der Waals surface area contributed by atoms with Crippen molar-refractivity contribution >= 4 is 40.6 Å². The van der Waals surface area contributed by atoms with E-state index in [4.69, 9.17) is 21.3 Å². The monoisotopic (exact) mass is 748 g/mol. The van der Waals surface area contributed by atoms with Gasteiger partial charge in [0.1, 0.15) is 17.9 Å². The highest BCUT2D eigenvalue weighted by Crippen LogP contribution is 2.43. The molecule has 2 aromatic carbocycles. The maximum Gasteiger partial charge on any atom is 0.416 e. The predicted octanol–water partition coefficient (Wildman–Crippen LogP) is 5.23. The van der Waals surface area contributed by atoms with Gasteiger partial charge in [0.2, 0.25) is 11.7 Å². The number of amides is 2. The molecule has 3 aliphatic rings. The third kappa shape index (κ3) is 6.24. The van der Waals surface area contributed by atoms with Crippen molar-refractivity contribution in [3.05, 3.63) is 98.7 Å². The Morgan fingerprint density at radius 3 is 2.43 bits per heavy atom. The fraction of sp³-hybridized carbons (Fsp3) is 0.333. The van der Waals surface area contributed by atoms with Crippen LogP contribution in [-0.4, -0.2) is 72.1 Å². The van der Waals surface area contributed by atoms with E-state index in [0.717, 1.165) is 54.3 Å². The van der Waals surface area contributed by atoms with Crippen LogP contribution in [0.5, 0.6) is 5.75 Å². The van der Waals surface area contributed by atoms with Crippen molar-refractivity contribution in [2.45, 2.75) is 50.6 Å². The molecule has 0 bridgehead atoms. The van der Waals surface area contributed by atoms with E-state index in [1.54, 1.807) is 0 Å². The first-order chi connectivity index (χ1) is 25.4. The van der Waals surface area contributed by atoms with Crippen molar-refractivity contribution < 1.29 is 32.6 Å². The summed E-state index contributed by atoms with van der Waals surface area (Å²) in [4.78, 5) is 53.7. The minimum absolute atomic E-state index is 0.0256. The maximum atomic E-state index is 14.4. The second kappa shape index (κ2) is 13.2. The van der Waals surface area contributed by atoms with Gasteiger partial charge < -0.3 is 29.5 Å². The quantitative estimate of drug-likeness (QED) is 0.238. The topological polar surface area (TPSA) is 147 Å². The zero-order chi connectivity index (χ0) is 37.1. The van der Waals surface area contributed by atoms with E-state index >= 15 is 0 Å². The first kappa shape index (κ1) is 34.6. The minimum atomic E-state index is -4.62. The van der Waals surface area contributed by atoms with Gasteiger partial charge in [-0.25, -0.2) is 4.98 Å². The van der Waals surface area contributed by atoms with E-state index in [1.807, 2.05) is 24.3 Å². The van der Waals surface area contributed by atoms with Crippen molar-refractivity contribution in [2.24, 2.45) is 0 Å². The maximum absolute atomic E-state index is 14.4. The van der Waals surface area contributed by atoms with Gasteiger partial charge in [-0.2, -0.15) is 22.7 Å². The molecule has 2 N–H and O–H groups in total. The first-order valence-electron chi connectivity index (χ1n) is 17.0. The summed E-state index contributed by atoms with van der Waals surface area (Å²) in [5.74, 6) is -1.02. The van der Waals surface area contributed by atoms with E-state index in [1.165, 1.54) is 27.8 Å². The molecule has 53 heavy (non-hydrogen) atoms. The smallest absolute Gasteiger partial charge is 0.416 e. The number of fused-ring (bicyclic) bond motifs is 3. The molecule has 6 heterocycles. The van der Waals surface area contributed by atoms with Gasteiger partial charge in [-0.05, 0) is 80.3 Å². The van der Waals surface area contributed by atoms with Crippen molar-refractivity contribution in [1.29, 1.82) is 0 Å². The molecule has 3 aliphatic heterocycles. The Hall–Kier alpha value is -5.48. The molecule has 2 saturated heterocycles. The number of carbonyl (C=O) groups excluding carboxylic acids is 2. The van der Waals surface area contributed by atoms with Crippen LogP contribution in [0.15, 0.2) is 65.6 Å². The largest absolute Gasteiger partial charge is 0.505 e. The van der Waals surface area contributed by atoms with Crippen LogP contribution < -0.4 is 15.8 Å². The summed E-state index contributed by atoms with van der Waals surface area (Å²) < 4.78 is 48.7. The average Bonchev–Trinajstić information content (AvgIpc) is 3.92. The summed E-state index contributed by atoms with van der Waals surface area (Å²) in [6.07, 6.45) is -0.497. The summed E-state index contributed by atoms with van der Waals surface area (Å²) >= 11 is 6.14. The van der Waals surface area contributed by atoms with Gasteiger partial charge in [-0.15, -0.1) is 5.10 Å². The van der Waals surface area contributed by atoms with Crippen LogP contribution in [0.3, 0.4) is 0 Å². The Labute approximate surface area is 304 Å². The third-order valence-corrected chi connectivity index (χ3v) is 10.4. The van der Waals surface area contributed by atoms with Crippen LogP contribution in [-0.2, 0) is 34.5 Å². The number of alkyl halides is 3. The molecule has 3 aromatic heterocycles. The number of piperidine rings is 1. The average molecular weight is 749 g/mol. The predicted molar refractivity (Wildman–Crippen MR) is 187 cm³/mol. The highest BCUT2D eigenvalue weighted by molar-refractivity contribution is 6.33. The molecular formula is C36H32ClF3N8O5. The van der Waals surface area contributed by atoms with Crippen LogP contribution >= 0.6 is 11.6 Å². The standard InChI is InChI=1S/C36H32ClF3N8O5/c37-24-18-22(36(38,39)40)7-10-25(24)42-28(50)19-47-26-20-53-35(11-16-46(17-12-35)33(52)30-27(49)4-3-13-41-30)29(26)32(51)48-34(47)43-31(44-48)21-5-8-23(9-6-21)45-14-1-2-15-45/h3-10,13,18,49H,1-2,11-12,14-17,19-20H2,(H,42,50). The number of ether oxygens (including phenoxy) is 1. The lowest BCUT2D eigenvalue weighted by Crippen LogP contribution is -2.47. The molecular weight excluding hydrogens is 717 g/mol. The lowest BCUT2D eigenvalue weighted by molar-refractivity contribution is -0.137. The van der Waals surface area contributed by atoms with Gasteiger partial charge in [-0.3, -0.25) is 14.4 Å². The van der Waals surface area contributed by atoms with Gasteiger partial charge in [-0.1, -0.05) is 11.6 Å². The summed E-state index contributed by atoms with van der Waals surface area (Å²) in [6.45, 7) is 1.85. The van der Waals surface area contributed by atoms with Gasteiger partial charge in [0, 0.05) is 43.6 Å². The van der Waals surface area contributed by atoms with Crippen LogP contribution in [0.2, 0.25) is 5.02 Å². The van der Waals surface area contributed by atoms with Crippen LogP contribution in [0, 0.1) is 0 Å². The number of aromatic hydroxyl groups is 1. The number of hydrogen-bond donors (Lipinski definition) is 2. The minimum Gasteiger partial charge on any atom is -0.505 e. The zero-order valence-corrected chi connectivity index (χ0v) is 28.8. The molecule has 1 spiro atoms. The van der Waals surface area contributed by atoms with Gasteiger partial charge in [0.15, 0.2) is 11.5 Å². The second-order valence-electron chi connectivity index (χ2n) is 13.3. The van der Waals surface area contributed by atoms with Crippen molar-refractivity contribution in [3.63, 3.8) is 0 Å². The van der Waals surface area contributed by atoms with E-state index in [-0.39, 0.29) is 71.9 Å². The third-order valence-electron chi connectivity index (χ3n) is 10.1. The van der Waals surface area contributed by atoms with Crippen molar-refractivity contribution in [3.8, 4) is 17.1 Å². The van der Waals surface area contributed by atoms with Gasteiger partial charge in [0.05, 0.1) is 34.1 Å². The summed E-state index contributed by atoms with van der Waals surface area (Å²) in [5, 5.41) is 17.1. The number of pyridine rings is 1. The molecule has 0 radical (unpaired) electrons. The van der Waals surface area contributed by atoms with Crippen molar-refractivity contribution in [1.82, 2.24) is 29.0 Å². The second-order valence-corrected chi connectivity index (χ2v) is 13.7. The Morgan fingerprint density at radius 2 is 1.75 bits per heavy atom. The highest BCUT2D eigenvalue weighted by Gasteiger charge is 2.48. The molecule has 0 atom stereocenters. The number of carbonyl (C=O) groups is 2. The number of anilines is 2. The highest BCUT2D eigenvalue weighted by atomic mass is 35.5. The van der Waals surface area contributed by atoms with Crippen LogP contribution in [0.25, 0.3) is 17.2 Å². The lowest BCUT2D eigenvalue weighted by atomic mass is 9.85. The Morgan fingerprint density at radius 1 is 1.02 bits per heavy atom. The van der Waals surface area contributed by atoms with Crippen LogP contribution in [0.4, 0.5) is 24.5 Å². The lowest BCUT2D eigenvalue weighted by Gasteiger charge is -2.38. The van der Waals surface area contributed by atoms with Crippen molar-refractivity contribution in [2.75, 3.05) is 36.4 Å². The van der Waals surface area contributed by atoms with Crippen LogP contribution in [0.1, 0.15) is 53.0 Å². The molecule has 0 aliphatic carbocycles. The van der Waals surface area contributed by atoms with Gasteiger partial charge >= 0.3 is 6.18 Å². The number of aromatic nitrogens is 5. The SMILES string of the molecule is O=C(Cn1c2c(c(=O)n3nc(-c4ccc(N5CCCC5)cc4)nc13)C1(CCN(C(=O)c3ncccc3O)CC1)OC2)Nc1ccc(C(F)(F)F)cc1Cl. The summed E-state index contributed by atoms with van der Waals surface area (Å²) in [6, 6.07) is 13.2.